The van der Waals surface area contributed by atoms with Crippen molar-refractivity contribution in [1.82, 2.24) is 5.32 Å². The average Bonchev–Trinajstić information content (AvgIpc) is 2.68. The molecule has 2 rings (SSSR count). The Morgan fingerprint density at radius 3 is 2.77 bits per heavy atom. The number of carbonyl (C=O) groups excluding carboxylic acids is 2. The maximum atomic E-state index is 11.4. The highest BCUT2D eigenvalue weighted by molar-refractivity contribution is 5.87. The van der Waals surface area contributed by atoms with Crippen molar-refractivity contribution in [2.45, 2.75) is 25.8 Å². The van der Waals surface area contributed by atoms with E-state index in [1.807, 2.05) is 6.92 Å². The normalized spacial score (nSPS) is 37.0. The number of rotatable bonds is 2. The van der Waals surface area contributed by atoms with Crippen LogP contribution in [0.4, 0.5) is 0 Å². The third-order valence-electron chi connectivity index (χ3n) is 2.70. The number of ether oxygens (including phenoxy) is 1. The zero-order valence-electron chi connectivity index (χ0n) is 7.58. The Hall–Kier alpha value is -1.06. The van der Waals surface area contributed by atoms with Crippen LogP contribution in [0.1, 0.15) is 19.8 Å². The van der Waals surface area contributed by atoms with Crippen LogP contribution in [0.5, 0.6) is 0 Å². The van der Waals surface area contributed by atoms with Crippen LogP contribution < -0.4 is 5.32 Å². The monoisotopic (exact) mass is 183 g/mol. The van der Waals surface area contributed by atoms with Gasteiger partial charge < -0.3 is 10.1 Å². The number of cyclic esters (lactones) is 1. The van der Waals surface area contributed by atoms with Crippen LogP contribution in [-0.4, -0.2) is 24.5 Å². The molecule has 1 amide bonds. The number of hydrogen-bond donors (Lipinski definition) is 1. The van der Waals surface area contributed by atoms with E-state index in [4.69, 9.17) is 4.74 Å². The number of hydrogen-bond acceptors (Lipinski definition) is 3. The molecule has 2 aliphatic rings. The van der Waals surface area contributed by atoms with Gasteiger partial charge in [-0.3, -0.25) is 4.79 Å². The fraction of sp³-hybridized carbons (Fsp3) is 0.778. The molecule has 0 aromatic rings. The summed E-state index contributed by atoms with van der Waals surface area (Å²) in [6, 6.07) is -0.389. The smallest absolute Gasteiger partial charge is 0.328 e. The third kappa shape index (κ3) is 1.66. The number of nitrogens with one attached hydrogen (secondary N) is 1. The minimum Gasteiger partial charge on any atom is -0.464 e. The lowest BCUT2D eigenvalue weighted by atomic mass is 10.2. The lowest BCUT2D eigenvalue weighted by Crippen LogP contribution is -2.39. The Morgan fingerprint density at radius 1 is 1.62 bits per heavy atom. The van der Waals surface area contributed by atoms with E-state index in [1.54, 1.807) is 0 Å². The minimum atomic E-state index is -0.389. The zero-order valence-corrected chi connectivity index (χ0v) is 7.58. The highest BCUT2D eigenvalue weighted by atomic mass is 16.5. The summed E-state index contributed by atoms with van der Waals surface area (Å²) >= 11 is 0. The van der Waals surface area contributed by atoms with Crippen LogP contribution in [0, 0.1) is 11.8 Å². The van der Waals surface area contributed by atoms with Crippen molar-refractivity contribution in [3.8, 4) is 0 Å². The Morgan fingerprint density at radius 2 is 2.31 bits per heavy atom. The van der Waals surface area contributed by atoms with Gasteiger partial charge in [-0.2, -0.15) is 0 Å². The molecule has 0 bridgehead atoms. The van der Waals surface area contributed by atoms with Gasteiger partial charge in [-0.25, -0.2) is 4.79 Å². The van der Waals surface area contributed by atoms with Gasteiger partial charge in [0.2, 0.25) is 5.91 Å². The molecule has 0 aromatic carbocycles. The number of esters is 1. The molecule has 4 nitrogen and oxygen atoms in total. The third-order valence-corrected chi connectivity index (χ3v) is 2.70. The van der Waals surface area contributed by atoms with Crippen molar-refractivity contribution >= 4 is 11.9 Å². The van der Waals surface area contributed by atoms with Crippen molar-refractivity contribution in [3.05, 3.63) is 0 Å². The van der Waals surface area contributed by atoms with E-state index >= 15 is 0 Å². The van der Waals surface area contributed by atoms with Gasteiger partial charge >= 0.3 is 5.97 Å². The molecule has 1 aliphatic heterocycles. The molecular formula is C9H13NO3. The summed E-state index contributed by atoms with van der Waals surface area (Å²) in [5, 5.41) is 2.71. The fourth-order valence-electron chi connectivity index (χ4n) is 1.59. The molecular weight excluding hydrogens is 170 g/mol. The van der Waals surface area contributed by atoms with Gasteiger partial charge in [0.25, 0.3) is 0 Å². The van der Waals surface area contributed by atoms with Crippen LogP contribution >= 0.6 is 0 Å². The van der Waals surface area contributed by atoms with Crippen molar-refractivity contribution in [1.29, 1.82) is 0 Å². The number of carbonyl (C=O) groups is 2. The second-order valence-corrected chi connectivity index (χ2v) is 3.84. The van der Waals surface area contributed by atoms with E-state index in [1.165, 1.54) is 0 Å². The summed E-state index contributed by atoms with van der Waals surface area (Å²) in [5.74, 6) is 0.337. The Labute approximate surface area is 76.6 Å². The predicted molar refractivity (Wildman–Crippen MR) is 44.8 cm³/mol. The highest BCUT2D eigenvalue weighted by Gasteiger charge is 2.41. The van der Waals surface area contributed by atoms with Crippen molar-refractivity contribution in [3.63, 3.8) is 0 Å². The van der Waals surface area contributed by atoms with E-state index in [2.05, 4.69) is 5.32 Å². The lowest BCUT2D eigenvalue weighted by molar-refractivity contribution is -0.141. The van der Waals surface area contributed by atoms with Gasteiger partial charge in [0, 0.05) is 12.3 Å². The van der Waals surface area contributed by atoms with E-state index in [0.29, 0.717) is 18.9 Å². The molecule has 4 heteroatoms. The first-order valence-electron chi connectivity index (χ1n) is 4.65. The zero-order chi connectivity index (χ0) is 9.42. The molecule has 0 aromatic heterocycles. The fourth-order valence-corrected chi connectivity index (χ4v) is 1.59. The van der Waals surface area contributed by atoms with Gasteiger partial charge in [-0.15, -0.1) is 0 Å². The highest BCUT2D eigenvalue weighted by Crippen LogP contribution is 2.37. The maximum Gasteiger partial charge on any atom is 0.328 e. The van der Waals surface area contributed by atoms with Crippen LogP contribution in [0.15, 0.2) is 0 Å². The summed E-state index contributed by atoms with van der Waals surface area (Å²) in [6.07, 6.45) is 1.57. The maximum absolute atomic E-state index is 11.4. The molecule has 13 heavy (non-hydrogen) atoms. The van der Waals surface area contributed by atoms with Gasteiger partial charge in [-0.1, -0.05) is 6.92 Å². The second kappa shape index (κ2) is 3.01. The summed E-state index contributed by atoms with van der Waals surface area (Å²) in [7, 11) is 0. The topological polar surface area (TPSA) is 55.4 Å². The van der Waals surface area contributed by atoms with Gasteiger partial charge in [0.15, 0.2) is 0 Å². The van der Waals surface area contributed by atoms with Crippen molar-refractivity contribution in [2.75, 3.05) is 6.61 Å². The van der Waals surface area contributed by atoms with Crippen LogP contribution in [0.3, 0.4) is 0 Å². The standard InChI is InChI=1S/C9H13NO3/c1-5-4-6(5)8(11)10-7-2-3-13-9(7)12/h5-7H,2-4H2,1H3,(H,10,11). The van der Waals surface area contributed by atoms with Crippen LogP contribution in [-0.2, 0) is 14.3 Å². The van der Waals surface area contributed by atoms with E-state index in [-0.39, 0.29) is 23.8 Å². The molecule has 1 aliphatic carbocycles. The molecule has 1 heterocycles. The average molecular weight is 183 g/mol. The van der Waals surface area contributed by atoms with Crippen LogP contribution in [0.2, 0.25) is 0 Å². The quantitative estimate of drug-likeness (QED) is 0.616. The van der Waals surface area contributed by atoms with Crippen molar-refractivity contribution < 1.29 is 14.3 Å². The molecule has 72 valence electrons. The number of amides is 1. The summed E-state index contributed by atoms with van der Waals surface area (Å²) in [5.41, 5.74) is 0. The van der Waals surface area contributed by atoms with Gasteiger partial charge in [0.1, 0.15) is 6.04 Å². The molecule has 1 N–H and O–H groups in total. The summed E-state index contributed by atoms with van der Waals surface area (Å²) < 4.78 is 4.74. The van der Waals surface area contributed by atoms with Gasteiger partial charge in [0.05, 0.1) is 6.61 Å². The van der Waals surface area contributed by atoms with Crippen LogP contribution in [0.25, 0.3) is 0 Å². The van der Waals surface area contributed by atoms with Gasteiger partial charge in [-0.05, 0) is 12.3 Å². The molecule has 1 saturated heterocycles. The molecule has 3 unspecified atom stereocenters. The molecule has 0 radical (unpaired) electrons. The molecule has 2 fully saturated rings. The Kier molecular flexibility index (Phi) is 1.98. The second-order valence-electron chi connectivity index (χ2n) is 3.84. The molecule has 1 saturated carbocycles. The SMILES string of the molecule is CC1CC1C(=O)NC1CCOC1=O. The lowest BCUT2D eigenvalue weighted by Gasteiger charge is -2.07. The minimum absolute atomic E-state index is 0.0105. The first-order valence-corrected chi connectivity index (χ1v) is 4.65. The summed E-state index contributed by atoms with van der Waals surface area (Å²) in [6.45, 7) is 2.47. The van der Waals surface area contributed by atoms with E-state index < -0.39 is 0 Å². The largest absolute Gasteiger partial charge is 0.464 e. The van der Waals surface area contributed by atoms with E-state index in [0.717, 1.165) is 6.42 Å². The Bertz CT molecular complexity index is 251. The molecule has 0 spiro atoms. The van der Waals surface area contributed by atoms with Crippen molar-refractivity contribution in [2.24, 2.45) is 11.8 Å². The van der Waals surface area contributed by atoms with E-state index in [9.17, 15) is 9.59 Å². The summed E-state index contributed by atoms with van der Waals surface area (Å²) in [4.78, 5) is 22.4. The Balaban J connectivity index is 1.83. The predicted octanol–water partition coefficient (Wildman–Crippen LogP) is 0.0741. The molecule has 3 atom stereocenters. The first kappa shape index (κ1) is 8.53. The first-order chi connectivity index (χ1) is 6.18.